The summed E-state index contributed by atoms with van der Waals surface area (Å²) in [5.74, 6) is 0. The highest BCUT2D eigenvalue weighted by Crippen LogP contribution is 2.29. The number of morpholine rings is 1. The van der Waals surface area contributed by atoms with Crippen molar-refractivity contribution in [3.8, 4) is 0 Å². The number of sulfonamides is 1. The molecule has 0 saturated carbocycles. The standard InChI is InChI=1S/C13H19ClN2O3S/c1-9-11(14)6-10(7-12(9)15)20(17,18)16-4-5-19-13(2,3)8-16/h6-7H,4-5,8,15H2,1-3H3. The van der Waals surface area contributed by atoms with E-state index >= 15 is 0 Å². The fourth-order valence-electron chi connectivity index (χ4n) is 2.15. The molecule has 0 aliphatic carbocycles. The Labute approximate surface area is 124 Å². The lowest BCUT2D eigenvalue weighted by atomic mass is 10.1. The van der Waals surface area contributed by atoms with E-state index in [1.165, 1.54) is 16.4 Å². The van der Waals surface area contributed by atoms with E-state index in [9.17, 15) is 8.42 Å². The van der Waals surface area contributed by atoms with Crippen LogP contribution in [0.2, 0.25) is 5.02 Å². The van der Waals surface area contributed by atoms with Crippen LogP contribution in [0.15, 0.2) is 17.0 Å². The van der Waals surface area contributed by atoms with Gasteiger partial charge in [-0.05, 0) is 38.5 Å². The lowest BCUT2D eigenvalue weighted by Gasteiger charge is -2.37. The van der Waals surface area contributed by atoms with Gasteiger partial charge in [0, 0.05) is 23.8 Å². The van der Waals surface area contributed by atoms with E-state index in [0.29, 0.717) is 36.0 Å². The second kappa shape index (κ2) is 5.18. The minimum absolute atomic E-state index is 0.128. The lowest BCUT2D eigenvalue weighted by molar-refractivity contribution is -0.0640. The molecule has 5 nitrogen and oxygen atoms in total. The number of rotatable bonds is 2. The van der Waals surface area contributed by atoms with E-state index < -0.39 is 15.6 Å². The molecule has 2 rings (SSSR count). The molecule has 0 spiro atoms. The number of hydrogen-bond acceptors (Lipinski definition) is 4. The van der Waals surface area contributed by atoms with Crippen molar-refractivity contribution in [2.24, 2.45) is 0 Å². The van der Waals surface area contributed by atoms with Gasteiger partial charge in [0.25, 0.3) is 0 Å². The van der Waals surface area contributed by atoms with Crippen LogP contribution in [0.5, 0.6) is 0 Å². The topological polar surface area (TPSA) is 72.6 Å². The molecule has 1 saturated heterocycles. The van der Waals surface area contributed by atoms with E-state index in [2.05, 4.69) is 0 Å². The smallest absolute Gasteiger partial charge is 0.243 e. The maximum Gasteiger partial charge on any atom is 0.243 e. The lowest BCUT2D eigenvalue weighted by Crippen LogP contribution is -2.50. The van der Waals surface area contributed by atoms with Crippen LogP contribution in [0.1, 0.15) is 19.4 Å². The number of nitrogens with two attached hydrogens (primary N) is 1. The van der Waals surface area contributed by atoms with Crippen molar-refractivity contribution in [3.63, 3.8) is 0 Å². The Kier molecular flexibility index (Phi) is 4.03. The molecule has 1 heterocycles. The van der Waals surface area contributed by atoms with Gasteiger partial charge in [0.1, 0.15) is 0 Å². The molecule has 1 aliphatic heterocycles. The maximum absolute atomic E-state index is 12.6. The molecule has 7 heteroatoms. The zero-order valence-electron chi connectivity index (χ0n) is 11.8. The van der Waals surface area contributed by atoms with E-state index in [-0.39, 0.29) is 4.90 Å². The van der Waals surface area contributed by atoms with Crippen LogP contribution in [-0.2, 0) is 14.8 Å². The SMILES string of the molecule is Cc1c(N)cc(S(=O)(=O)N2CCOC(C)(C)C2)cc1Cl. The molecule has 1 aromatic rings. The molecule has 1 aromatic carbocycles. The van der Waals surface area contributed by atoms with Gasteiger partial charge in [-0.15, -0.1) is 0 Å². The van der Waals surface area contributed by atoms with E-state index in [1.807, 2.05) is 13.8 Å². The Morgan fingerprint density at radius 2 is 2.05 bits per heavy atom. The van der Waals surface area contributed by atoms with Gasteiger partial charge in [-0.1, -0.05) is 11.6 Å². The number of ether oxygens (including phenoxy) is 1. The van der Waals surface area contributed by atoms with Crippen molar-refractivity contribution in [1.82, 2.24) is 4.31 Å². The maximum atomic E-state index is 12.6. The average Bonchev–Trinajstić information content (AvgIpc) is 2.34. The minimum atomic E-state index is -3.61. The summed E-state index contributed by atoms with van der Waals surface area (Å²) in [7, 11) is -3.61. The first-order chi connectivity index (χ1) is 9.13. The molecule has 1 aliphatic rings. The van der Waals surface area contributed by atoms with Gasteiger partial charge in [0.2, 0.25) is 10.0 Å². The Bertz CT molecular complexity index is 605. The van der Waals surface area contributed by atoms with Crippen LogP contribution in [0.3, 0.4) is 0 Å². The highest BCUT2D eigenvalue weighted by atomic mass is 35.5. The number of anilines is 1. The van der Waals surface area contributed by atoms with E-state index in [4.69, 9.17) is 22.1 Å². The fraction of sp³-hybridized carbons (Fsp3) is 0.538. The number of benzene rings is 1. The van der Waals surface area contributed by atoms with Gasteiger partial charge in [-0.3, -0.25) is 0 Å². The summed E-state index contributed by atoms with van der Waals surface area (Å²) in [6, 6.07) is 2.91. The quantitative estimate of drug-likeness (QED) is 0.847. The average molecular weight is 319 g/mol. The molecular weight excluding hydrogens is 300 g/mol. The van der Waals surface area contributed by atoms with E-state index in [1.54, 1.807) is 6.92 Å². The predicted octanol–water partition coefficient (Wildman–Crippen LogP) is 2.03. The third-order valence-corrected chi connectivity index (χ3v) is 5.60. The predicted molar refractivity (Wildman–Crippen MR) is 79.4 cm³/mol. The molecule has 20 heavy (non-hydrogen) atoms. The third kappa shape index (κ3) is 2.93. The monoisotopic (exact) mass is 318 g/mol. The van der Waals surface area contributed by atoms with Crippen molar-refractivity contribution >= 4 is 27.3 Å². The Morgan fingerprint density at radius 1 is 1.40 bits per heavy atom. The summed E-state index contributed by atoms with van der Waals surface area (Å²) in [5, 5.41) is 0.357. The summed E-state index contributed by atoms with van der Waals surface area (Å²) < 4.78 is 32.2. The first-order valence-electron chi connectivity index (χ1n) is 6.33. The number of nitrogens with zero attached hydrogens (tertiary/aromatic N) is 1. The summed E-state index contributed by atoms with van der Waals surface area (Å²) in [5.41, 5.74) is 6.38. The minimum Gasteiger partial charge on any atom is -0.398 e. The van der Waals surface area contributed by atoms with Crippen LogP contribution in [-0.4, -0.2) is 38.0 Å². The molecule has 0 aromatic heterocycles. The molecule has 0 unspecified atom stereocenters. The zero-order valence-corrected chi connectivity index (χ0v) is 13.4. The van der Waals surface area contributed by atoms with Gasteiger partial charge in [0.05, 0.1) is 17.1 Å². The van der Waals surface area contributed by atoms with Gasteiger partial charge in [-0.25, -0.2) is 8.42 Å². The van der Waals surface area contributed by atoms with Crippen LogP contribution < -0.4 is 5.73 Å². The molecule has 1 fully saturated rings. The van der Waals surface area contributed by atoms with Crippen molar-refractivity contribution in [3.05, 3.63) is 22.7 Å². The molecular formula is C13H19ClN2O3S. The molecule has 0 amide bonds. The van der Waals surface area contributed by atoms with Gasteiger partial charge in [-0.2, -0.15) is 4.31 Å². The first-order valence-corrected chi connectivity index (χ1v) is 8.15. The van der Waals surface area contributed by atoms with Crippen LogP contribution >= 0.6 is 11.6 Å². The molecule has 112 valence electrons. The van der Waals surface area contributed by atoms with Crippen LogP contribution in [0.4, 0.5) is 5.69 Å². The number of nitrogen functional groups attached to an aromatic ring is 1. The Balaban J connectivity index is 2.40. The zero-order chi connectivity index (χ0) is 15.1. The van der Waals surface area contributed by atoms with Gasteiger partial charge in [0.15, 0.2) is 0 Å². The number of hydrogen-bond donors (Lipinski definition) is 1. The van der Waals surface area contributed by atoms with E-state index in [0.717, 1.165) is 0 Å². The van der Waals surface area contributed by atoms with Gasteiger partial charge >= 0.3 is 0 Å². The van der Waals surface area contributed by atoms with Crippen molar-refractivity contribution in [2.45, 2.75) is 31.3 Å². The second-order valence-corrected chi connectivity index (χ2v) is 7.91. The highest BCUT2D eigenvalue weighted by Gasteiger charge is 2.35. The fourth-order valence-corrected chi connectivity index (χ4v) is 4.08. The third-order valence-electron chi connectivity index (χ3n) is 3.39. The highest BCUT2D eigenvalue weighted by molar-refractivity contribution is 7.89. The summed E-state index contributed by atoms with van der Waals surface area (Å²) >= 11 is 6.03. The second-order valence-electron chi connectivity index (χ2n) is 5.57. The van der Waals surface area contributed by atoms with Crippen molar-refractivity contribution in [2.75, 3.05) is 25.4 Å². The molecule has 0 atom stereocenters. The van der Waals surface area contributed by atoms with Crippen LogP contribution in [0, 0.1) is 6.92 Å². The Hall–Kier alpha value is -0.820. The first kappa shape index (κ1) is 15.6. The molecule has 0 radical (unpaired) electrons. The van der Waals surface area contributed by atoms with Crippen LogP contribution in [0.25, 0.3) is 0 Å². The van der Waals surface area contributed by atoms with Gasteiger partial charge < -0.3 is 10.5 Å². The van der Waals surface area contributed by atoms with Crippen molar-refractivity contribution < 1.29 is 13.2 Å². The normalized spacial score (nSPS) is 20.0. The van der Waals surface area contributed by atoms with Crippen molar-refractivity contribution in [1.29, 1.82) is 0 Å². The Morgan fingerprint density at radius 3 is 2.60 bits per heavy atom. The summed E-state index contributed by atoms with van der Waals surface area (Å²) in [6.07, 6.45) is 0. The molecule has 2 N–H and O–H groups in total. The largest absolute Gasteiger partial charge is 0.398 e. The number of halogens is 1. The molecule has 0 bridgehead atoms. The summed E-state index contributed by atoms with van der Waals surface area (Å²) in [6.45, 7) is 6.50. The summed E-state index contributed by atoms with van der Waals surface area (Å²) in [4.78, 5) is 0.128.